The van der Waals surface area contributed by atoms with Crippen LogP contribution in [-0.2, 0) is 0 Å². The summed E-state index contributed by atoms with van der Waals surface area (Å²) in [6.07, 6.45) is 0. The lowest BCUT2D eigenvalue weighted by Crippen LogP contribution is -2.06. The normalized spacial score (nSPS) is 11.8. The summed E-state index contributed by atoms with van der Waals surface area (Å²) in [5, 5.41) is 6.60. The zero-order chi connectivity index (χ0) is 41.4. The van der Waals surface area contributed by atoms with E-state index in [0.29, 0.717) is 17.6 Å². The predicted octanol–water partition coefficient (Wildman–Crippen LogP) is 14.6. The van der Waals surface area contributed by atoms with Crippen molar-refractivity contribution in [3.05, 3.63) is 212 Å². The van der Waals surface area contributed by atoms with E-state index in [9.17, 15) is 0 Å². The zero-order valence-corrected chi connectivity index (χ0v) is 33.9. The Morgan fingerprint density at radius 3 is 1.52 bits per heavy atom. The topological polar surface area (TPSA) is 61.7 Å². The molecule has 6 heteroatoms. The number of hydrogen-bond acceptors (Lipinski definition) is 4. The maximum atomic E-state index is 6.21. The number of nitrogens with zero attached hydrogens (tertiary/aromatic N) is 5. The summed E-state index contributed by atoms with van der Waals surface area (Å²) in [5.41, 5.74) is 13.5. The van der Waals surface area contributed by atoms with Crippen molar-refractivity contribution in [1.82, 2.24) is 24.1 Å². The maximum absolute atomic E-state index is 6.21. The molecule has 13 rings (SSSR count). The van der Waals surface area contributed by atoms with E-state index in [1.807, 2.05) is 48.5 Å². The van der Waals surface area contributed by atoms with Crippen molar-refractivity contribution in [3.8, 4) is 56.7 Å². The second kappa shape index (κ2) is 14.0. The Hall–Kier alpha value is -8.61. The summed E-state index contributed by atoms with van der Waals surface area (Å²) in [5.74, 6) is 1.73. The first kappa shape index (κ1) is 35.2. The molecular weight excluding hydrogens is 771 g/mol. The molecular formula is C57H35N5O. The Kier molecular flexibility index (Phi) is 7.80. The number of para-hydroxylation sites is 3. The van der Waals surface area contributed by atoms with Gasteiger partial charge in [-0.1, -0.05) is 158 Å². The fourth-order valence-corrected chi connectivity index (χ4v) is 9.47. The van der Waals surface area contributed by atoms with Gasteiger partial charge in [-0.3, -0.25) is 4.57 Å². The van der Waals surface area contributed by atoms with E-state index < -0.39 is 0 Å². The number of benzene rings is 9. The molecule has 0 spiro atoms. The van der Waals surface area contributed by atoms with Gasteiger partial charge in [0, 0.05) is 49.0 Å². The standard InChI is InChI=1S/C57H35N5O/c1-4-16-36(17-5-1)39-28-30-41(37-18-6-2-7-19-37)50(33-39)61-48-25-13-10-22-42(48)45-35-52-46(34-51(45)61)43-23-11-14-26-49(43)62(52)57-59-55(38-20-8-3-9-21-38)58-56(60-57)40-29-31-54-47(32-40)44-24-12-15-27-53(44)63-54/h1-35H. The summed E-state index contributed by atoms with van der Waals surface area (Å²) < 4.78 is 10.9. The number of aromatic nitrogens is 5. The highest BCUT2D eigenvalue weighted by Gasteiger charge is 2.23. The molecule has 0 atom stereocenters. The highest BCUT2D eigenvalue weighted by molar-refractivity contribution is 6.19. The third-order valence-electron chi connectivity index (χ3n) is 12.4. The van der Waals surface area contributed by atoms with Crippen LogP contribution in [-0.4, -0.2) is 24.1 Å². The molecule has 0 aliphatic carbocycles. The molecule has 13 aromatic rings. The van der Waals surface area contributed by atoms with Gasteiger partial charge in [0.25, 0.3) is 0 Å². The van der Waals surface area contributed by atoms with E-state index in [2.05, 4.69) is 173 Å². The number of fused-ring (bicyclic) bond motifs is 9. The summed E-state index contributed by atoms with van der Waals surface area (Å²) >= 11 is 0. The van der Waals surface area contributed by atoms with Crippen molar-refractivity contribution in [2.75, 3.05) is 0 Å². The molecule has 4 aromatic heterocycles. The van der Waals surface area contributed by atoms with Crippen LogP contribution in [0.1, 0.15) is 0 Å². The van der Waals surface area contributed by atoms with Crippen molar-refractivity contribution < 1.29 is 4.42 Å². The smallest absolute Gasteiger partial charge is 0.238 e. The van der Waals surface area contributed by atoms with E-state index >= 15 is 0 Å². The minimum absolute atomic E-state index is 0.548. The van der Waals surface area contributed by atoms with Crippen LogP contribution in [0.5, 0.6) is 0 Å². The van der Waals surface area contributed by atoms with Gasteiger partial charge in [0.1, 0.15) is 11.2 Å². The first-order valence-electron chi connectivity index (χ1n) is 21.2. The van der Waals surface area contributed by atoms with Crippen LogP contribution >= 0.6 is 0 Å². The van der Waals surface area contributed by atoms with Gasteiger partial charge < -0.3 is 8.98 Å². The average molecular weight is 806 g/mol. The van der Waals surface area contributed by atoms with Crippen molar-refractivity contribution in [3.63, 3.8) is 0 Å². The minimum Gasteiger partial charge on any atom is -0.456 e. The molecule has 294 valence electrons. The summed E-state index contributed by atoms with van der Waals surface area (Å²) in [4.78, 5) is 15.7. The molecule has 9 aromatic carbocycles. The van der Waals surface area contributed by atoms with E-state index in [1.165, 1.54) is 5.56 Å². The Labute approximate surface area is 361 Å². The lowest BCUT2D eigenvalue weighted by Gasteiger charge is -2.16. The van der Waals surface area contributed by atoms with Crippen LogP contribution in [0.25, 0.3) is 122 Å². The number of hydrogen-bond donors (Lipinski definition) is 0. The van der Waals surface area contributed by atoms with Gasteiger partial charge in [-0.15, -0.1) is 0 Å². The van der Waals surface area contributed by atoms with E-state index in [1.54, 1.807) is 0 Å². The second-order valence-corrected chi connectivity index (χ2v) is 16.0. The third-order valence-corrected chi connectivity index (χ3v) is 12.4. The van der Waals surface area contributed by atoms with Crippen LogP contribution < -0.4 is 0 Å². The molecule has 4 heterocycles. The van der Waals surface area contributed by atoms with Crippen LogP contribution in [0.3, 0.4) is 0 Å². The molecule has 0 radical (unpaired) electrons. The second-order valence-electron chi connectivity index (χ2n) is 16.0. The van der Waals surface area contributed by atoms with Crippen molar-refractivity contribution >= 4 is 65.6 Å². The van der Waals surface area contributed by atoms with Crippen molar-refractivity contribution in [2.24, 2.45) is 0 Å². The van der Waals surface area contributed by atoms with E-state index in [-0.39, 0.29) is 0 Å². The molecule has 0 aliphatic heterocycles. The Morgan fingerprint density at radius 1 is 0.302 bits per heavy atom. The van der Waals surface area contributed by atoms with Crippen LogP contribution in [0, 0.1) is 0 Å². The van der Waals surface area contributed by atoms with Gasteiger partial charge in [0.15, 0.2) is 11.6 Å². The summed E-state index contributed by atoms with van der Waals surface area (Å²) in [6.45, 7) is 0. The Morgan fingerprint density at radius 2 is 0.825 bits per heavy atom. The van der Waals surface area contributed by atoms with E-state index in [4.69, 9.17) is 19.4 Å². The lowest BCUT2D eigenvalue weighted by molar-refractivity contribution is 0.669. The Bertz CT molecular complexity index is 3900. The molecule has 0 saturated heterocycles. The van der Waals surface area contributed by atoms with Gasteiger partial charge in [-0.2, -0.15) is 9.97 Å². The summed E-state index contributed by atoms with van der Waals surface area (Å²) in [7, 11) is 0. The SMILES string of the molecule is c1ccc(-c2ccc(-c3ccccc3)c(-n3c4ccccc4c4cc5c(cc43)c3ccccc3n5-c3nc(-c4ccccc4)nc(-c4ccc5oc6ccccc6c5c4)n3)c2)cc1. The van der Waals surface area contributed by atoms with Crippen LogP contribution in [0.15, 0.2) is 217 Å². The molecule has 0 amide bonds. The van der Waals surface area contributed by atoms with Gasteiger partial charge in [0.05, 0.1) is 27.8 Å². The third kappa shape index (κ3) is 5.62. The largest absolute Gasteiger partial charge is 0.456 e. The fraction of sp³-hybridized carbons (Fsp3) is 0. The Balaban J connectivity index is 1.09. The molecule has 0 saturated carbocycles. The van der Waals surface area contributed by atoms with Crippen molar-refractivity contribution in [1.29, 1.82) is 0 Å². The highest BCUT2D eigenvalue weighted by Crippen LogP contribution is 2.42. The fourth-order valence-electron chi connectivity index (χ4n) is 9.47. The molecule has 0 bridgehead atoms. The van der Waals surface area contributed by atoms with Gasteiger partial charge in [-0.05, 0) is 71.3 Å². The van der Waals surface area contributed by atoms with Crippen LogP contribution in [0.4, 0.5) is 0 Å². The maximum Gasteiger partial charge on any atom is 0.238 e. The zero-order valence-electron chi connectivity index (χ0n) is 33.9. The molecule has 0 aliphatic rings. The molecule has 0 fully saturated rings. The van der Waals surface area contributed by atoms with Crippen LogP contribution in [0.2, 0.25) is 0 Å². The molecule has 6 nitrogen and oxygen atoms in total. The molecule has 63 heavy (non-hydrogen) atoms. The van der Waals surface area contributed by atoms with Gasteiger partial charge >= 0.3 is 0 Å². The number of rotatable bonds is 6. The van der Waals surface area contributed by atoms with Gasteiger partial charge in [0.2, 0.25) is 5.95 Å². The number of furan rings is 1. The first-order valence-corrected chi connectivity index (χ1v) is 21.2. The lowest BCUT2D eigenvalue weighted by atomic mass is 9.98. The average Bonchev–Trinajstić information content (AvgIpc) is 4.01. The molecule has 0 unspecified atom stereocenters. The molecule has 0 N–H and O–H groups in total. The monoisotopic (exact) mass is 805 g/mol. The minimum atomic E-state index is 0.548. The van der Waals surface area contributed by atoms with Gasteiger partial charge in [-0.25, -0.2) is 4.98 Å². The quantitative estimate of drug-likeness (QED) is 0.168. The predicted molar refractivity (Wildman–Crippen MR) is 258 cm³/mol. The van der Waals surface area contributed by atoms with Crippen molar-refractivity contribution in [2.45, 2.75) is 0 Å². The first-order chi connectivity index (χ1) is 31.2. The van der Waals surface area contributed by atoms with E-state index in [0.717, 1.165) is 99.1 Å². The highest BCUT2D eigenvalue weighted by atomic mass is 16.3. The summed E-state index contributed by atoms with van der Waals surface area (Å²) in [6, 6.07) is 74.7.